The summed E-state index contributed by atoms with van der Waals surface area (Å²) in [5.74, 6) is 0.726. The first-order valence-electron chi connectivity index (χ1n) is 18.5. The van der Waals surface area contributed by atoms with Crippen molar-refractivity contribution >= 4 is 23.4 Å². The molecule has 1 amide bonds. The largest absolute Gasteiger partial charge is 0.481 e. The Kier molecular flexibility index (Phi) is 12.2. The van der Waals surface area contributed by atoms with E-state index in [1.165, 1.54) is 5.57 Å². The van der Waals surface area contributed by atoms with Gasteiger partial charge in [0, 0.05) is 30.7 Å². The zero-order valence-corrected chi connectivity index (χ0v) is 29.7. The lowest BCUT2D eigenvalue weighted by Crippen LogP contribution is -2.61. The molecule has 4 fully saturated rings. The minimum atomic E-state index is -0.880. The predicted octanol–water partition coefficient (Wildman–Crippen LogP) is 5.02. The highest BCUT2D eigenvalue weighted by Crippen LogP contribution is 2.69. The van der Waals surface area contributed by atoms with E-state index in [4.69, 9.17) is 24.1 Å². The lowest BCUT2D eigenvalue weighted by atomic mass is 9.38. The van der Waals surface area contributed by atoms with E-state index in [9.17, 15) is 19.2 Å². The van der Waals surface area contributed by atoms with E-state index in [0.717, 1.165) is 51.4 Å². The van der Waals surface area contributed by atoms with Crippen molar-refractivity contribution in [3.63, 3.8) is 0 Å². The van der Waals surface area contributed by atoms with Crippen molar-refractivity contribution in [1.82, 2.24) is 5.32 Å². The van der Waals surface area contributed by atoms with Gasteiger partial charge in [0.25, 0.3) is 0 Å². The molecule has 4 saturated carbocycles. The summed E-state index contributed by atoms with van der Waals surface area (Å²) in [4.78, 5) is 50.7. The van der Waals surface area contributed by atoms with Gasteiger partial charge in [0.05, 0.1) is 59.3 Å². The van der Waals surface area contributed by atoms with Crippen LogP contribution in [0.3, 0.4) is 0 Å². The molecule has 0 heterocycles. The molecular weight excluding hydrogens is 614 g/mol. The van der Waals surface area contributed by atoms with Crippen LogP contribution in [0.15, 0.2) is 11.6 Å². The van der Waals surface area contributed by atoms with Crippen molar-refractivity contribution in [3.8, 4) is 0 Å². The third kappa shape index (κ3) is 7.77. The third-order valence-electron chi connectivity index (χ3n) is 13.3. The Morgan fingerprint density at radius 1 is 0.812 bits per heavy atom. The molecule has 2 N–H and O–H groups in total. The number of nitrogens with one attached hydrogen (secondary N) is 1. The molecule has 0 saturated heterocycles. The van der Waals surface area contributed by atoms with Gasteiger partial charge in [0.1, 0.15) is 5.78 Å². The van der Waals surface area contributed by atoms with Crippen molar-refractivity contribution in [1.29, 1.82) is 0 Å². The Morgan fingerprint density at radius 3 is 2.10 bits per heavy atom. The molecule has 0 aromatic carbocycles. The van der Waals surface area contributed by atoms with Crippen LogP contribution in [0.1, 0.15) is 91.9 Å². The number of ketones is 2. The first-order chi connectivity index (χ1) is 22.9. The monoisotopic (exact) mass is 673 g/mol. The normalized spacial score (nSPS) is 37.5. The Bertz CT molecular complexity index is 1220. The van der Waals surface area contributed by atoms with E-state index in [-0.39, 0.29) is 64.6 Å². The smallest absolute Gasteiger partial charge is 0.305 e. The van der Waals surface area contributed by atoms with Gasteiger partial charge < -0.3 is 29.4 Å². The number of rotatable bonds is 16. The van der Waals surface area contributed by atoms with Gasteiger partial charge in [-0.3, -0.25) is 19.2 Å². The fraction of sp³-hybridized carbons (Fsp3) is 0.842. The van der Waals surface area contributed by atoms with Crippen molar-refractivity contribution in [3.05, 3.63) is 11.6 Å². The van der Waals surface area contributed by atoms with Gasteiger partial charge in [0.2, 0.25) is 5.91 Å². The Hall–Kier alpha value is -2.14. The Labute approximate surface area is 286 Å². The molecule has 10 heteroatoms. The van der Waals surface area contributed by atoms with Crippen molar-refractivity contribution < 1.29 is 43.2 Å². The number of carboxylic acid groups (broad SMARTS) is 1. The quantitative estimate of drug-likeness (QED) is 0.216. The van der Waals surface area contributed by atoms with Gasteiger partial charge in [-0.1, -0.05) is 33.3 Å². The first kappa shape index (κ1) is 37.1. The average Bonchev–Trinajstić information content (AvgIpc) is 3.04. The number of carbonyl (C=O) groups excluding carboxylic acids is 3. The second-order valence-corrected chi connectivity index (χ2v) is 16.0. The number of fused-ring (bicyclic) bond motifs is 7. The maximum absolute atomic E-state index is 14.2. The van der Waals surface area contributed by atoms with Crippen LogP contribution in [0.25, 0.3) is 0 Å². The summed E-state index contributed by atoms with van der Waals surface area (Å²) in [6.45, 7) is 12.7. The van der Waals surface area contributed by atoms with Crippen LogP contribution in [0, 0.1) is 51.8 Å². The van der Waals surface area contributed by atoms with Crippen LogP contribution >= 0.6 is 0 Å². The molecule has 0 spiro atoms. The van der Waals surface area contributed by atoms with Crippen molar-refractivity contribution in [2.24, 2.45) is 51.8 Å². The number of allylic oxidation sites excluding steroid dienone is 2. The standard InChI is InChI=1S/C38H59NO9/c1-25-28-7-12-38(4)29-6-11-36(2)10-5-26(23-30(36)27(29)24-32(41)34(38)37(28,3)13-8-31(25)40)35(44)39-14-16-46-18-20-48-22-21-47-19-17-45-15-9-33(42)43/h24-26,28-30,34H,5-23H2,1-4H3,(H,39,44)(H,42,43)/t25?,26-,28?,29?,30?,34?,36+,37?,38-/m0/s1. The molecule has 9 atom stereocenters. The molecule has 10 nitrogen and oxygen atoms in total. The molecule has 0 radical (unpaired) electrons. The Balaban J connectivity index is 1.06. The average molecular weight is 674 g/mol. The number of amides is 1. The number of carboxylic acids is 1. The van der Waals surface area contributed by atoms with Gasteiger partial charge in [-0.25, -0.2) is 0 Å². The maximum Gasteiger partial charge on any atom is 0.305 e. The summed E-state index contributed by atoms with van der Waals surface area (Å²) >= 11 is 0. The second-order valence-electron chi connectivity index (χ2n) is 16.0. The first-order valence-corrected chi connectivity index (χ1v) is 18.5. The molecule has 6 unspecified atom stereocenters. The van der Waals surface area contributed by atoms with Gasteiger partial charge in [-0.2, -0.15) is 0 Å². The van der Waals surface area contributed by atoms with Crippen molar-refractivity contribution in [2.75, 3.05) is 59.4 Å². The molecule has 5 aliphatic rings. The van der Waals surface area contributed by atoms with Crippen LogP contribution in [0.5, 0.6) is 0 Å². The second kappa shape index (κ2) is 15.8. The number of aliphatic carboxylic acids is 1. The zero-order chi connectivity index (χ0) is 34.5. The third-order valence-corrected chi connectivity index (χ3v) is 13.3. The van der Waals surface area contributed by atoms with Crippen molar-refractivity contribution in [2.45, 2.75) is 91.9 Å². The maximum atomic E-state index is 14.2. The van der Waals surface area contributed by atoms with Crippen LogP contribution in [0.2, 0.25) is 0 Å². The van der Waals surface area contributed by atoms with E-state index in [1.807, 2.05) is 6.08 Å². The van der Waals surface area contributed by atoms with Crippen LogP contribution < -0.4 is 5.32 Å². The Morgan fingerprint density at radius 2 is 1.44 bits per heavy atom. The molecule has 5 rings (SSSR count). The molecular formula is C38H59NO9. The minimum Gasteiger partial charge on any atom is -0.481 e. The predicted molar refractivity (Wildman–Crippen MR) is 179 cm³/mol. The molecule has 5 aliphatic carbocycles. The van der Waals surface area contributed by atoms with E-state index >= 15 is 0 Å². The fourth-order valence-electron chi connectivity index (χ4n) is 10.7. The molecule has 0 bridgehead atoms. The van der Waals surface area contributed by atoms with Gasteiger partial charge in [-0.05, 0) is 91.4 Å². The summed E-state index contributed by atoms with van der Waals surface area (Å²) in [6, 6.07) is 0. The highest BCUT2D eigenvalue weighted by atomic mass is 16.6. The van der Waals surface area contributed by atoms with Crippen LogP contribution in [-0.2, 0) is 38.1 Å². The molecule has 48 heavy (non-hydrogen) atoms. The molecule has 0 aliphatic heterocycles. The zero-order valence-electron chi connectivity index (χ0n) is 29.7. The highest BCUT2D eigenvalue weighted by Gasteiger charge is 2.64. The molecule has 0 aromatic heterocycles. The number of hydrogen-bond donors (Lipinski definition) is 2. The van der Waals surface area contributed by atoms with E-state index in [2.05, 4.69) is 33.0 Å². The lowest BCUT2D eigenvalue weighted by molar-refractivity contribution is -0.164. The summed E-state index contributed by atoms with van der Waals surface area (Å²) < 4.78 is 21.7. The van der Waals surface area contributed by atoms with Crippen LogP contribution in [0.4, 0.5) is 0 Å². The molecule has 270 valence electrons. The topological polar surface area (TPSA) is 137 Å². The minimum absolute atomic E-state index is 0.0125. The van der Waals surface area contributed by atoms with Gasteiger partial charge in [-0.15, -0.1) is 0 Å². The van der Waals surface area contributed by atoms with Crippen LogP contribution in [-0.4, -0.2) is 87.9 Å². The SMILES string of the molecule is CC1C(=O)CCC2(C)C1CC[C@@]1(C)C3CC[C@@]4(C)CC[C@H](C(=O)NCCOCCOCCOCCOCCC(=O)O)CC4C3=CC(=O)C21. The van der Waals surface area contributed by atoms with E-state index < -0.39 is 5.97 Å². The summed E-state index contributed by atoms with van der Waals surface area (Å²) in [5, 5.41) is 11.7. The van der Waals surface area contributed by atoms with Gasteiger partial charge in [0.15, 0.2) is 5.78 Å². The van der Waals surface area contributed by atoms with Gasteiger partial charge >= 0.3 is 5.97 Å². The fourth-order valence-corrected chi connectivity index (χ4v) is 10.7. The van der Waals surface area contributed by atoms with E-state index in [1.54, 1.807) is 0 Å². The summed E-state index contributed by atoms with van der Waals surface area (Å²) in [6.07, 6.45) is 10.4. The molecule has 0 aromatic rings. The number of ether oxygens (including phenoxy) is 4. The number of Topliss-reactive ketones (excluding diaryl/α,β-unsaturated/α-hetero) is 1. The number of hydrogen-bond acceptors (Lipinski definition) is 8. The lowest BCUT2D eigenvalue weighted by Gasteiger charge is -2.64. The summed E-state index contributed by atoms with van der Waals surface area (Å²) in [5.41, 5.74) is 1.24. The number of carbonyl (C=O) groups is 4. The van der Waals surface area contributed by atoms with E-state index in [0.29, 0.717) is 76.8 Å². The highest BCUT2D eigenvalue weighted by molar-refractivity contribution is 5.96. The summed E-state index contributed by atoms with van der Waals surface area (Å²) in [7, 11) is 0.